The van der Waals surface area contributed by atoms with E-state index in [1.165, 1.54) is 6.08 Å². The minimum Gasteiger partial charge on any atom is -0.207 e. The molecule has 0 spiro atoms. The van der Waals surface area contributed by atoms with E-state index >= 15 is 0 Å². The van der Waals surface area contributed by atoms with Gasteiger partial charge in [-0.15, -0.1) is 0 Å². The van der Waals surface area contributed by atoms with Crippen LogP contribution in [0.15, 0.2) is 35.1 Å². The topological polar surface area (TPSA) is 0 Å². The highest BCUT2D eigenvalue weighted by atomic mass is 79.9. The van der Waals surface area contributed by atoms with E-state index in [1.54, 1.807) is 6.92 Å². The van der Waals surface area contributed by atoms with E-state index in [2.05, 4.69) is 29.1 Å². The molecular weight excluding hydrogens is 207 g/mol. The number of halogens is 2. The Bertz CT molecular complexity index is 168. The summed E-state index contributed by atoms with van der Waals surface area (Å²) in [6.45, 7) is 12.4. The van der Waals surface area contributed by atoms with E-state index in [-0.39, 0.29) is 5.83 Å². The third kappa shape index (κ3) is 9.63. The molecule has 0 aromatic carbocycles. The molecule has 0 saturated carbocycles. The van der Waals surface area contributed by atoms with Gasteiger partial charge >= 0.3 is 0 Å². The maximum atomic E-state index is 12.4. The Morgan fingerprint density at radius 1 is 1.36 bits per heavy atom. The van der Waals surface area contributed by atoms with Crippen molar-refractivity contribution in [3.05, 3.63) is 35.1 Å². The lowest BCUT2D eigenvalue weighted by atomic mass is 10.3. The van der Waals surface area contributed by atoms with E-state index in [1.807, 2.05) is 13.8 Å². The monoisotopic (exact) mass is 220 g/mol. The van der Waals surface area contributed by atoms with E-state index in [0.717, 1.165) is 0 Å². The van der Waals surface area contributed by atoms with Gasteiger partial charge in [-0.2, -0.15) is 0 Å². The summed E-state index contributed by atoms with van der Waals surface area (Å²) in [7, 11) is 0. The average molecular weight is 221 g/mol. The molecule has 0 rings (SSSR count). The van der Waals surface area contributed by atoms with Gasteiger partial charge in [-0.25, -0.2) is 4.39 Å². The Morgan fingerprint density at radius 3 is 1.82 bits per heavy atom. The van der Waals surface area contributed by atoms with Crippen molar-refractivity contribution < 1.29 is 4.39 Å². The standard InChI is InChI=1S/C7H8BrF.C2H6/c1-5(2)7(9)4-6(3)8;1-2/h4H,1,3H2,2H3;1-2H3/b7-4+;. The Labute approximate surface area is 76.6 Å². The summed E-state index contributed by atoms with van der Waals surface area (Å²) in [5, 5.41) is 0. The highest BCUT2D eigenvalue weighted by molar-refractivity contribution is 9.11. The molecule has 0 aromatic rings. The number of hydrogen-bond donors (Lipinski definition) is 0. The van der Waals surface area contributed by atoms with Crippen LogP contribution >= 0.6 is 15.9 Å². The van der Waals surface area contributed by atoms with Gasteiger partial charge in [0.05, 0.1) is 0 Å². The zero-order chi connectivity index (χ0) is 9.44. The maximum absolute atomic E-state index is 12.4. The maximum Gasteiger partial charge on any atom is 0.126 e. The first-order chi connectivity index (χ1) is 5.04. The molecule has 0 atom stereocenters. The van der Waals surface area contributed by atoms with Gasteiger partial charge in [0.2, 0.25) is 0 Å². The fourth-order valence-corrected chi connectivity index (χ4v) is 0.462. The van der Waals surface area contributed by atoms with Crippen molar-refractivity contribution in [3.8, 4) is 0 Å². The van der Waals surface area contributed by atoms with E-state index < -0.39 is 0 Å². The third-order valence-electron chi connectivity index (χ3n) is 0.691. The molecule has 0 fully saturated rings. The minimum atomic E-state index is -0.336. The van der Waals surface area contributed by atoms with Crippen LogP contribution in [0.2, 0.25) is 0 Å². The van der Waals surface area contributed by atoms with Crippen LogP contribution < -0.4 is 0 Å². The van der Waals surface area contributed by atoms with Crippen LogP contribution in [-0.2, 0) is 0 Å². The van der Waals surface area contributed by atoms with Crippen LogP contribution in [-0.4, -0.2) is 0 Å². The van der Waals surface area contributed by atoms with Gasteiger partial charge in [-0.3, -0.25) is 0 Å². The highest BCUT2D eigenvalue weighted by Crippen LogP contribution is 2.13. The molecule has 11 heavy (non-hydrogen) atoms. The van der Waals surface area contributed by atoms with Crippen molar-refractivity contribution in [1.29, 1.82) is 0 Å². The Hall–Kier alpha value is -0.370. The van der Waals surface area contributed by atoms with Crippen LogP contribution in [0.25, 0.3) is 0 Å². The van der Waals surface area contributed by atoms with E-state index in [0.29, 0.717) is 10.1 Å². The second-order valence-electron chi connectivity index (χ2n) is 1.72. The molecule has 0 radical (unpaired) electrons. The van der Waals surface area contributed by atoms with Gasteiger partial charge < -0.3 is 0 Å². The Balaban J connectivity index is 0. The zero-order valence-corrected chi connectivity index (χ0v) is 8.83. The molecule has 0 aliphatic rings. The predicted octanol–water partition coefficient (Wildman–Crippen LogP) is 4.35. The van der Waals surface area contributed by atoms with Gasteiger partial charge in [-0.1, -0.05) is 42.9 Å². The van der Waals surface area contributed by atoms with Crippen LogP contribution in [0.3, 0.4) is 0 Å². The molecule has 0 nitrogen and oxygen atoms in total. The lowest BCUT2D eigenvalue weighted by Gasteiger charge is -1.90. The van der Waals surface area contributed by atoms with Crippen molar-refractivity contribution >= 4 is 15.9 Å². The van der Waals surface area contributed by atoms with Crippen LogP contribution in [0.5, 0.6) is 0 Å². The minimum absolute atomic E-state index is 0.336. The molecule has 64 valence electrons. The second-order valence-corrected chi connectivity index (χ2v) is 2.74. The average Bonchev–Trinajstić information content (AvgIpc) is 1.90. The zero-order valence-electron chi connectivity index (χ0n) is 7.25. The summed E-state index contributed by atoms with van der Waals surface area (Å²) in [6.07, 6.45) is 1.28. The summed E-state index contributed by atoms with van der Waals surface area (Å²) in [5.41, 5.74) is 0.413. The van der Waals surface area contributed by atoms with Crippen molar-refractivity contribution in [2.45, 2.75) is 20.8 Å². The summed E-state index contributed by atoms with van der Waals surface area (Å²) >= 11 is 2.99. The van der Waals surface area contributed by atoms with E-state index in [9.17, 15) is 4.39 Å². The van der Waals surface area contributed by atoms with Crippen molar-refractivity contribution in [3.63, 3.8) is 0 Å². The van der Waals surface area contributed by atoms with Crippen molar-refractivity contribution in [1.82, 2.24) is 0 Å². The first kappa shape index (κ1) is 13.2. The Morgan fingerprint density at radius 2 is 1.73 bits per heavy atom. The normalized spacial score (nSPS) is 9.73. The number of hydrogen-bond acceptors (Lipinski definition) is 0. The second kappa shape index (κ2) is 7.73. The first-order valence-corrected chi connectivity index (χ1v) is 4.21. The smallest absolute Gasteiger partial charge is 0.126 e. The molecule has 0 N–H and O–H groups in total. The summed E-state index contributed by atoms with van der Waals surface area (Å²) < 4.78 is 13.0. The number of allylic oxidation sites excluding steroid dienone is 4. The molecule has 2 heteroatoms. The van der Waals surface area contributed by atoms with Gasteiger partial charge in [0.25, 0.3) is 0 Å². The molecule has 0 unspecified atom stereocenters. The quantitative estimate of drug-likeness (QED) is 0.608. The SMILES string of the molecule is C=C(Br)/C=C(/F)C(=C)C.CC. The molecule has 0 saturated heterocycles. The lowest BCUT2D eigenvalue weighted by Crippen LogP contribution is -1.72. The first-order valence-electron chi connectivity index (χ1n) is 3.41. The Kier molecular flexibility index (Phi) is 9.31. The molecule has 0 bridgehead atoms. The molecule has 0 aliphatic heterocycles. The molecular formula is C9H14BrF. The molecule has 0 heterocycles. The molecule has 0 amide bonds. The fourth-order valence-electron chi connectivity index (χ4n) is 0.261. The van der Waals surface area contributed by atoms with Gasteiger partial charge in [0, 0.05) is 4.48 Å². The summed E-state index contributed by atoms with van der Waals surface area (Å²) in [4.78, 5) is 0. The van der Waals surface area contributed by atoms with Gasteiger partial charge in [0.15, 0.2) is 0 Å². The lowest BCUT2D eigenvalue weighted by molar-refractivity contribution is 0.652. The van der Waals surface area contributed by atoms with Gasteiger partial charge in [-0.05, 0) is 18.6 Å². The summed E-state index contributed by atoms with van der Waals surface area (Å²) in [5.74, 6) is -0.336. The predicted molar refractivity (Wildman–Crippen MR) is 53.4 cm³/mol. The number of rotatable bonds is 2. The van der Waals surface area contributed by atoms with Crippen LogP contribution in [0.1, 0.15) is 20.8 Å². The highest BCUT2D eigenvalue weighted by Gasteiger charge is 1.92. The van der Waals surface area contributed by atoms with Crippen molar-refractivity contribution in [2.75, 3.05) is 0 Å². The van der Waals surface area contributed by atoms with Crippen molar-refractivity contribution in [2.24, 2.45) is 0 Å². The third-order valence-corrected chi connectivity index (χ3v) is 0.920. The largest absolute Gasteiger partial charge is 0.207 e. The van der Waals surface area contributed by atoms with Crippen LogP contribution in [0.4, 0.5) is 4.39 Å². The van der Waals surface area contributed by atoms with E-state index in [4.69, 9.17) is 0 Å². The molecule has 0 aromatic heterocycles. The fraction of sp³-hybridized carbons (Fsp3) is 0.333. The molecule has 0 aliphatic carbocycles. The summed E-state index contributed by atoms with van der Waals surface area (Å²) in [6, 6.07) is 0. The van der Waals surface area contributed by atoms with Gasteiger partial charge in [0.1, 0.15) is 5.83 Å². The van der Waals surface area contributed by atoms with Crippen LogP contribution in [0, 0.1) is 0 Å².